The van der Waals surface area contributed by atoms with Crippen molar-refractivity contribution in [2.45, 2.75) is 6.92 Å². The summed E-state index contributed by atoms with van der Waals surface area (Å²) < 4.78 is 5.33. The molecule has 0 aliphatic rings. The second-order valence-electron chi connectivity index (χ2n) is 6.49. The van der Waals surface area contributed by atoms with Crippen molar-refractivity contribution in [3.05, 3.63) is 94.5 Å². The molecule has 2 amide bonds. The minimum absolute atomic E-state index is 0.299. The van der Waals surface area contributed by atoms with Crippen molar-refractivity contribution < 1.29 is 19.1 Å². The quantitative estimate of drug-likeness (QED) is 0.208. The standard InChI is InChI=1S/C23H18ClN3O4/c1-15-4-2-6-19(12-15)26-21(28)22(29)27-25-14-16-5-3-7-20(13-16)31-23(30)17-8-10-18(24)11-9-17/h2-14H,1H3,(H,26,28)(H,27,29). The average molecular weight is 436 g/mol. The van der Waals surface area contributed by atoms with E-state index in [0.29, 0.717) is 27.6 Å². The summed E-state index contributed by atoms with van der Waals surface area (Å²) in [4.78, 5) is 36.0. The number of nitrogens with one attached hydrogen (secondary N) is 2. The molecule has 0 bridgehead atoms. The molecule has 3 aromatic rings. The van der Waals surface area contributed by atoms with Gasteiger partial charge in [-0.2, -0.15) is 5.10 Å². The van der Waals surface area contributed by atoms with Crippen LogP contribution in [0.3, 0.4) is 0 Å². The number of benzene rings is 3. The van der Waals surface area contributed by atoms with E-state index in [4.69, 9.17) is 16.3 Å². The van der Waals surface area contributed by atoms with Gasteiger partial charge >= 0.3 is 17.8 Å². The van der Waals surface area contributed by atoms with Crippen LogP contribution in [0.4, 0.5) is 5.69 Å². The molecular formula is C23H18ClN3O4. The summed E-state index contributed by atoms with van der Waals surface area (Å²) in [6.07, 6.45) is 1.33. The molecule has 0 radical (unpaired) electrons. The van der Waals surface area contributed by atoms with E-state index in [1.54, 1.807) is 66.7 Å². The highest BCUT2D eigenvalue weighted by Crippen LogP contribution is 2.16. The summed E-state index contributed by atoms with van der Waals surface area (Å²) in [5.41, 5.74) is 4.53. The van der Waals surface area contributed by atoms with Crippen LogP contribution in [0.5, 0.6) is 5.75 Å². The van der Waals surface area contributed by atoms with Gasteiger partial charge in [0.15, 0.2) is 0 Å². The summed E-state index contributed by atoms with van der Waals surface area (Å²) in [6, 6.07) is 19.9. The van der Waals surface area contributed by atoms with Gasteiger partial charge < -0.3 is 10.1 Å². The van der Waals surface area contributed by atoms with Gasteiger partial charge in [0.25, 0.3) is 0 Å². The highest BCUT2D eigenvalue weighted by Gasteiger charge is 2.13. The number of ether oxygens (including phenoxy) is 1. The number of hydrazone groups is 1. The number of amides is 2. The van der Waals surface area contributed by atoms with E-state index >= 15 is 0 Å². The zero-order chi connectivity index (χ0) is 22.2. The Kier molecular flexibility index (Phi) is 7.13. The Bertz CT molecular complexity index is 1140. The first-order valence-corrected chi connectivity index (χ1v) is 9.57. The van der Waals surface area contributed by atoms with Gasteiger partial charge in [0.05, 0.1) is 11.8 Å². The van der Waals surface area contributed by atoms with Gasteiger partial charge in [-0.15, -0.1) is 0 Å². The molecule has 0 saturated heterocycles. The molecule has 0 saturated carbocycles. The monoisotopic (exact) mass is 435 g/mol. The number of carbonyl (C=O) groups is 3. The minimum atomic E-state index is -0.914. The van der Waals surface area contributed by atoms with Crippen molar-refractivity contribution in [1.29, 1.82) is 0 Å². The average Bonchev–Trinajstić information content (AvgIpc) is 2.74. The predicted molar refractivity (Wildman–Crippen MR) is 118 cm³/mol. The first-order valence-electron chi connectivity index (χ1n) is 9.19. The third-order valence-electron chi connectivity index (χ3n) is 4.01. The molecule has 0 aliphatic carbocycles. The Labute approximate surface area is 183 Å². The van der Waals surface area contributed by atoms with Crippen molar-refractivity contribution in [3.8, 4) is 5.75 Å². The van der Waals surface area contributed by atoms with Crippen molar-refractivity contribution in [2.24, 2.45) is 5.10 Å². The minimum Gasteiger partial charge on any atom is -0.423 e. The molecule has 3 rings (SSSR count). The van der Waals surface area contributed by atoms with E-state index in [-0.39, 0.29) is 0 Å². The lowest BCUT2D eigenvalue weighted by atomic mass is 10.2. The van der Waals surface area contributed by atoms with Gasteiger partial charge in [0, 0.05) is 10.7 Å². The topological polar surface area (TPSA) is 96.9 Å². The SMILES string of the molecule is Cc1cccc(NC(=O)C(=O)NN=Cc2cccc(OC(=O)c3ccc(Cl)cc3)c2)c1. The summed E-state index contributed by atoms with van der Waals surface area (Å²) >= 11 is 5.81. The molecule has 0 spiro atoms. The fourth-order valence-corrected chi connectivity index (χ4v) is 2.66. The van der Waals surface area contributed by atoms with Crippen molar-refractivity contribution >= 4 is 41.3 Å². The number of rotatable bonds is 5. The fraction of sp³-hybridized carbons (Fsp3) is 0.0435. The van der Waals surface area contributed by atoms with E-state index in [2.05, 4.69) is 15.8 Å². The maximum atomic E-state index is 12.2. The fourth-order valence-electron chi connectivity index (χ4n) is 2.54. The molecule has 7 nitrogen and oxygen atoms in total. The van der Waals surface area contributed by atoms with Crippen LogP contribution in [-0.2, 0) is 9.59 Å². The largest absolute Gasteiger partial charge is 0.423 e. The molecule has 0 heterocycles. The van der Waals surface area contributed by atoms with Gasteiger partial charge in [0.1, 0.15) is 5.75 Å². The van der Waals surface area contributed by atoms with Crippen LogP contribution in [0.1, 0.15) is 21.5 Å². The highest BCUT2D eigenvalue weighted by molar-refractivity contribution is 6.39. The van der Waals surface area contributed by atoms with E-state index in [9.17, 15) is 14.4 Å². The van der Waals surface area contributed by atoms with Gasteiger partial charge in [-0.1, -0.05) is 35.9 Å². The van der Waals surface area contributed by atoms with Crippen LogP contribution in [0.2, 0.25) is 5.02 Å². The Hall–Kier alpha value is -3.97. The highest BCUT2D eigenvalue weighted by atomic mass is 35.5. The van der Waals surface area contributed by atoms with Crippen LogP contribution in [0.15, 0.2) is 77.9 Å². The van der Waals surface area contributed by atoms with Crippen molar-refractivity contribution in [3.63, 3.8) is 0 Å². The van der Waals surface area contributed by atoms with E-state index < -0.39 is 17.8 Å². The number of esters is 1. The van der Waals surface area contributed by atoms with Gasteiger partial charge in [-0.25, -0.2) is 10.2 Å². The number of aryl methyl sites for hydroxylation is 1. The van der Waals surface area contributed by atoms with E-state index in [1.165, 1.54) is 6.21 Å². The maximum Gasteiger partial charge on any atom is 0.343 e. The van der Waals surface area contributed by atoms with Gasteiger partial charge in [-0.3, -0.25) is 9.59 Å². The molecule has 8 heteroatoms. The third-order valence-corrected chi connectivity index (χ3v) is 4.26. The molecule has 0 fully saturated rings. The molecule has 156 valence electrons. The normalized spacial score (nSPS) is 10.5. The zero-order valence-electron chi connectivity index (χ0n) is 16.5. The van der Waals surface area contributed by atoms with Crippen LogP contribution in [-0.4, -0.2) is 24.0 Å². The second-order valence-corrected chi connectivity index (χ2v) is 6.93. The van der Waals surface area contributed by atoms with E-state index in [1.807, 2.05) is 13.0 Å². The first kappa shape index (κ1) is 21.7. The van der Waals surface area contributed by atoms with Crippen molar-refractivity contribution in [1.82, 2.24) is 5.43 Å². The molecule has 0 aliphatic heterocycles. The Morgan fingerprint density at radius 2 is 1.68 bits per heavy atom. The number of hydrogen-bond donors (Lipinski definition) is 2. The Balaban J connectivity index is 1.56. The first-order chi connectivity index (χ1) is 14.9. The lowest BCUT2D eigenvalue weighted by molar-refractivity contribution is -0.136. The summed E-state index contributed by atoms with van der Waals surface area (Å²) in [5, 5.41) is 6.78. The van der Waals surface area contributed by atoms with Crippen molar-refractivity contribution in [2.75, 3.05) is 5.32 Å². The third kappa shape index (κ3) is 6.52. The molecule has 31 heavy (non-hydrogen) atoms. The summed E-state index contributed by atoms with van der Waals surface area (Å²) in [7, 11) is 0. The smallest absolute Gasteiger partial charge is 0.343 e. The second kappa shape index (κ2) is 10.2. The number of halogens is 1. The lowest BCUT2D eigenvalue weighted by Gasteiger charge is -2.05. The maximum absolute atomic E-state index is 12.2. The van der Waals surface area contributed by atoms with Crippen LogP contribution < -0.4 is 15.5 Å². The van der Waals surface area contributed by atoms with Crippen LogP contribution in [0.25, 0.3) is 0 Å². The number of nitrogens with zero attached hydrogens (tertiary/aromatic N) is 1. The van der Waals surface area contributed by atoms with Crippen LogP contribution in [0, 0.1) is 6.92 Å². The number of anilines is 1. The van der Waals surface area contributed by atoms with Gasteiger partial charge in [-0.05, 0) is 66.6 Å². The Morgan fingerprint density at radius 3 is 2.42 bits per heavy atom. The molecule has 0 unspecified atom stereocenters. The molecular weight excluding hydrogens is 418 g/mol. The zero-order valence-corrected chi connectivity index (χ0v) is 17.2. The van der Waals surface area contributed by atoms with Crippen LogP contribution >= 0.6 is 11.6 Å². The Morgan fingerprint density at radius 1 is 0.935 bits per heavy atom. The molecule has 3 aromatic carbocycles. The van der Waals surface area contributed by atoms with Gasteiger partial charge in [0.2, 0.25) is 0 Å². The number of carbonyl (C=O) groups excluding carboxylic acids is 3. The summed E-state index contributed by atoms with van der Waals surface area (Å²) in [6.45, 7) is 1.88. The summed E-state index contributed by atoms with van der Waals surface area (Å²) in [5.74, 6) is -1.99. The number of hydrogen-bond acceptors (Lipinski definition) is 5. The predicted octanol–water partition coefficient (Wildman–Crippen LogP) is 3.96. The lowest BCUT2D eigenvalue weighted by Crippen LogP contribution is -2.32. The van der Waals surface area contributed by atoms with E-state index in [0.717, 1.165) is 5.56 Å². The molecule has 0 aromatic heterocycles. The molecule has 0 atom stereocenters. The molecule has 2 N–H and O–H groups in total.